The summed E-state index contributed by atoms with van der Waals surface area (Å²) in [7, 11) is 1.09. The molecule has 2 fully saturated rings. The predicted octanol–water partition coefficient (Wildman–Crippen LogP) is 1.09. The molecule has 2 aliphatic heterocycles. The van der Waals surface area contributed by atoms with Gasteiger partial charge < -0.3 is 15.1 Å². The summed E-state index contributed by atoms with van der Waals surface area (Å²) in [6.45, 7) is 2.71. The molecule has 2 saturated heterocycles. The van der Waals surface area contributed by atoms with Crippen LogP contribution in [0.15, 0.2) is 24.3 Å². The number of sulfone groups is 1. The molecule has 7 nitrogen and oxygen atoms in total. The van der Waals surface area contributed by atoms with Crippen molar-refractivity contribution in [1.29, 1.82) is 0 Å². The van der Waals surface area contributed by atoms with E-state index in [-0.39, 0.29) is 17.8 Å². The molecule has 2 heterocycles. The lowest BCUT2D eigenvalue weighted by Crippen LogP contribution is -2.53. The molecule has 0 bridgehead atoms. The molecule has 1 aromatic carbocycles. The van der Waals surface area contributed by atoms with E-state index in [0.29, 0.717) is 25.3 Å². The van der Waals surface area contributed by atoms with Gasteiger partial charge in [0.1, 0.15) is 0 Å². The van der Waals surface area contributed by atoms with Gasteiger partial charge in [-0.25, -0.2) is 13.2 Å². The van der Waals surface area contributed by atoms with Crippen molar-refractivity contribution >= 4 is 27.2 Å². The molecule has 138 valence electrons. The number of urea groups is 1. The molecular formula is C17H26N4O3S. The molecule has 1 N–H and O–H groups in total. The highest BCUT2D eigenvalue weighted by atomic mass is 32.2. The van der Waals surface area contributed by atoms with Gasteiger partial charge in [0.05, 0.1) is 11.5 Å². The fraction of sp³-hybridized carbons (Fsp3) is 0.588. The highest BCUT2D eigenvalue weighted by Gasteiger charge is 2.34. The topological polar surface area (TPSA) is 73.0 Å². The minimum atomic E-state index is -2.86. The first kappa shape index (κ1) is 18.0. The van der Waals surface area contributed by atoms with Gasteiger partial charge in [-0.1, -0.05) is 0 Å². The molecule has 1 unspecified atom stereocenters. The summed E-state index contributed by atoms with van der Waals surface area (Å²) >= 11 is 0. The summed E-state index contributed by atoms with van der Waals surface area (Å²) in [6.07, 6.45) is 0.715. The van der Waals surface area contributed by atoms with Crippen molar-refractivity contribution in [2.24, 2.45) is 0 Å². The van der Waals surface area contributed by atoms with Crippen molar-refractivity contribution in [3.05, 3.63) is 24.3 Å². The number of carbonyl (C=O) groups is 1. The van der Waals surface area contributed by atoms with Crippen LogP contribution in [0.5, 0.6) is 0 Å². The molecule has 0 saturated carbocycles. The number of anilines is 2. The van der Waals surface area contributed by atoms with Gasteiger partial charge in [-0.2, -0.15) is 0 Å². The maximum atomic E-state index is 12.4. The van der Waals surface area contributed by atoms with Crippen molar-refractivity contribution < 1.29 is 13.2 Å². The molecule has 0 aliphatic carbocycles. The van der Waals surface area contributed by atoms with Crippen LogP contribution in [0, 0.1) is 0 Å². The fourth-order valence-electron chi connectivity index (χ4n) is 3.40. The van der Waals surface area contributed by atoms with E-state index in [1.807, 2.05) is 43.3 Å². The molecule has 2 aliphatic rings. The largest absolute Gasteiger partial charge is 0.378 e. The first-order valence-electron chi connectivity index (χ1n) is 8.62. The normalized spacial score (nSPS) is 23.4. The number of rotatable bonds is 3. The van der Waals surface area contributed by atoms with Gasteiger partial charge in [0, 0.05) is 57.7 Å². The van der Waals surface area contributed by atoms with E-state index in [0.717, 1.165) is 24.5 Å². The molecule has 3 rings (SSSR count). The number of piperazine rings is 1. The Morgan fingerprint density at radius 1 is 1.12 bits per heavy atom. The second-order valence-electron chi connectivity index (χ2n) is 6.95. The average Bonchev–Trinajstić information content (AvgIpc) is 2.95. The van der Waals surface area contributed by atoms with Gasteiger partial charge >= 0.3 is 6.03 Å². The van der Waals surface area contributed by atoms with Gasteiger partial charge in [0.25, 0.3) is 0 Å². The van der Waals surface area contributed by atoms with Crippen LogP contribution >= 0.6 is 0 Å². The van der Waals surface area contributed by atoms with Gasteiger partial charge in [0.15, 0.2) is 9.84 Å². The maximum absolute atomic E-state index is 12.4. The second-order valence-corrected chi connectivity index (χ2v) is 9.18. The third kappa shape index (κ3) is 4.43. The summed E-state index contributed by atoms with van der Waals surface area (Å²) in [5, 5.41) is 2.93. The Morgan fingerprint density at radius 2 is 1.76 bits per heavy atom. The van der Waals surface area contributed by atoms with E-state index < -0.39 is 9.84 Å². The van der Waals surface area contributed by atoms with E-state index in [2.05, 4.69) is 10.2 Å². The van der Waals surface area contributed by atoms with Crippen LogP contribution in [0.1, 0.15) is 6.42 Å². The Hall–Kier alpha value is -1.80. The number of nitrogens with zero attached hydrogens (tertiary/aromatic N) is 3. The van der Waals surface area contributed by atoms with Crippen molar-refractivity contribution in [3.8, 4) is 0 Å². The molecule has 1 atom stereocenters. The predicted molar refractivity (Wildman–Crippen MR) is 100.0 cm³/mol. The molecule has 8 heteroatoms. The van der Waals surface area contributed by atoms with Gasteiger partial charge in [0.2, 0.25) is 0 Å². The summed E-state index contributed by atoms with van der Waals surface area (Å²) in [5.74, 6) is 0.554. The monoisotopic (exact) mass is 366 g/mol. The van der Waals surface area contributed by atoms with Crippen LogP contribution in [0.3, 0.4) is 0 Å². The number of nitrogens with one attached hydrogen (secondary N) is 1. The quantitative estimate of drug-likeness (QED) is 0.867. The number of hydrogen-bond donors (Lipinski definition) is 1. The van der Waals surface area contributed by atoms with Crippen LogP contribution in [0.4, 0.5) is 16.2 Å². The smallest absolute Gasteiger partial charge is 0.321 e. The standard InChI is InChI=1S/C17H26N4O3S/c1-19(2)15-5-3-14(4-6-15)18-17(22)21-10-8-20(9-11-21)16-7-12-25(23,24)13-16/h3-6,16H,7-13H2,1-2H3,(H,18,22). The van der Waals surface area contributed by atoms with E-state index >= 15 is 0 Å². The lowest BCUT2D eigenvalue weighted by atomic mass is 10.2. The Bertz CT molecular complexity index is 710. The van der Waals surface area contributed by atoms with E-state index in [4.69, 9.17) is 0 Å². The summed E-state index contributed by atoms with van der Waals surface area (Å²) in [6, 6.07) is 7.74. The zero-order valence-electron chi connectivity index (χ0n) is 14.8. The summed E-state index contributed by atoms with van der Waals surface area (Å²) in [4.78, 5) is 18.4. The summed E-state index contributed by atoms with van der Waals surface area (Å²) in [5.41, 5.74) is 1.86. The highest BCUT2D eigenvalue weighted by molar-refractivity contribution is 7.91. The van der Waals surface area contributed by atoms with Crippen LogP contribution < -0.4 is 10.2 Å². The molecule has 2 amide bonds. The maximum Gasteiger partial charge on any atom is 0.321 e. The SMILES string of the molecule is CN(C)c1ccc(NC(=O)N2CCN(C3CCS(=O)(=O)C3)CC2)cc1. The van der Waals surface area contributed by atoms with Crippen molar-refractivity contribution in [2.45, 2.75) is 12.5 Å². The van der Waals surface area contributed by atoms with Crippen molar-refractivity contribution in [3.63, 3.8) is 0 Å². The van der Waals surface area contributed by atoms with Gasteiger partial charge in [-0.05, 0) is 30.7 Å². The number of hydrogen-bond acceptors (Lipinski definition) is 5. The Balaban J connectivity index is 1.50. The molecule has 25 heavy (non-hydrogen) atoms. The summed E-state index contributed by atoms with van der Waals surface area (Å²) < 4.78 is 23.2. The van der Waals surface area contributed by atoms with Gasteiger partial charge in [-0.3, -0.25) is 4.90 Å². The highest BCUT2D eigenvalue weighted by Crippen LogP contribution is 2.20. The molecule has 0 radical (unpaired) electrons. The zero-order chi connectivity index (χ0) is 18.0. The van der Waals surface area contributed by atoms with Crippen LogP contribution in [0.25, 0.3) is 0 Å². The zero-order valence-corrected chi connectivity index (χ0v) is 15.6. The lowest BCUT2D eigenvalue weighted by Gasteiger charge is -2.37. The lowest BCUT2D eigenvalue weighted by molar-refractivity contribution is 0.121. The van der Waals surface area contributed by atoms with Crippen LogP contribution in [0.2, 0.25) is 0 Å². The fourth-order valence-corrected chi connectivity index (χ4v) is 5.16. The third-order valence-electron chi connectivity index (χ3n) is 4.96. The molecular weight excluding hydrogens is 340 g/mol. The van der Waals surface area contributed by atoms with Crippen molar-refractivity contribution in [2.75, 3.05) is 62.0 Å². The van der Waals surface area contributed by atoms with E-state index in [1.165, 1.54) is 0 Å². The molecule has 1 aromatic rings. The number of carbonyl (C=O) groups excluding carboxylic acids is 1. The minimum absolute atomic E-state index is 0.101. The van der Waals surface area contributed by atoms with Gasteiger partial charge in [-0.15, -0.1) is 0 Å². The minimum Gasteiger partial charge on any atom is -0.378 e. The van der Waals surface area contributed by atoms with Crippen LogP contribution in [-0.4, -0.2) is 82.1 Å². The average molecular weight is 366 g/mol. The number of amides is 2. The Kier molecular flexibility index (Phi) is 5.19. The first-order chi connectivity index (χ1) is 11.8. The molecule has 0 spiro atoms. The molecule has 0 aromatic heterocycles. The Morgan fingerprint density at radius 3 is 2.28 bits per heavy atom. The second kappa shape index (κ2) is 7.21. The van der Waals surface area contributed by atoms with E-state index in [1.54, 1.807) is 4.90 Å². The Labute approximate surface area is 149 Å². The number of benzene rings is 1. The van der Waals surface area contributed by atoms with Crippen molar-refractivity contribution in [1.82, 2.24) is 9.80 Å². The van der Waals surface area contributed by atoms with E-state index in [9.17, 15) is 13.2 Å². The first-order valence-corrected chi connectivity index (χ1v) is 10.4. The van der Waals surface area contributed by atoms with Crippen LogP contribution in [-0.2, 0) is 9.84 Å². The third-order valence-corrected chi connectivity index (χ3v) is 6.71.